The van der Waals surface area contributed by atoms with Crippen molar-refractivity contribution in [1.29, 1.82) is 0 Å². The molecule has 2 rings (SSSR count). The molecule has 1 aromatic rings. The molecule has 0 spiro atoms. The van der Waals surface area contributed by atoms with Gasteiger partial charge in [0.15, 0.2) is 11.8 Å². The Labute approximate surface area is 107 Å². The number of aromatic nitrogens is 2. The van der Waals surface area contributed by atoms with Crippen LogP contribution in [0.15, 0.2) is 17.1 Å². The number of halogens is 1. The zero-order valence-electron chi connectivity index (χ0n) is 10.2. The maximum absolute atomic E-state index is 13.1. The second-order valence-electron chi connectivity index (χ2n) is 4.54. The van der Waals surface area contributed by atoms with Gasteiger partial charge < -0.3 is 20.1 Å². The Balaban J connectivity index is 2.45. The molecule has 7 nitrogen and oxygen atoms in total. The molecule has 0 aliphatic carbocycles. The standard InChI is InChI=1S/C11H15FN2O5/c1-6-2-3-14(10(17)13-6)9-11(18,5-12)8(16)7(4-15)19-9/h2-3,7-9,15-16,18H,4-5H2,1H3/t7-,8-,9-,11-/m1/s1. The Kier molecular flexibility index (Phi) is 3.68. The van der Waals surface area contributed by atoms with Crippen LogP contribution in [0.1, 0.15) is 11.9 Å². The van der Waals surface area contributed by atoms with Gasteiger partial charge in [-0.3, -0.25) is 4.57 Å². The number of hydrogen-bond donors (Lipinski definition) is 3. The van der Waals surface area contributed by atoms with Crippen molar-refractivity contribution >= 4 is 0 Å². The fraction of sp³-hybridized carbons (Fsp3) is 0.636. The smallest absolute Gasteiger partial charge is 0.349 e. The van der Waals surface area contributed by atoms with Gasteiger partial charge in [0.2, 0.25) is 0 Å². The van der Waals surface area contributed by atoms with Crippen molar-refractivity contribution in [3.05, 3.63) is 28.4 Å². The van der Waals surface area contributed by atoms with Crippen LogP contribution < -0.4 is 5.69 Å². The van der Waals surface area contributed by atoms with E-state index >= 15 is 0 Å². The van der Waals surface area contributed by atoms with Gasteiger partial charge >= 0.3 is 5.69 Å². The minimum Gasteiger partial charge on any atom is -0.394 e. The maximum Gasteiger partial charge on any atom is 0.349 e. The molecule has 1 aliphatic heterocycles. The Bertz CT molecular complexity index is 522. The first-order valence-corrected chi connectivity index (χ1v) is 5.72. The fourth-order valence-corrected chi connectivity index (χ4v) is 2.10. The van der Waals surface area contributed by atoms with E-state index in [-0.39, 0.29) is 0 Å². The van der Waals surface area contributed by atoms with Crippen molar-refractivity contribution in [1.82, 2.24) is 9.55 Å². The van der Waals surface area contributed by atoms with Gasteiger partial charge in [0.25, 0.3) is 0 Å². The zero-order chi connectivity index (χ0) is 14.2. The van der Waals surface area contributed by atoms with E-state index in [0.717, 1.165) is 4.57 Å². The minimum absolute atomic E-state index is 0.460. The largest absolute Gasteiger partial charge is 0.394 e. The first-order chi connectivity index (χ1) is 8.93. The van der Waals surface area contributed by atoms with Crippen LogP contribution in [0.2, 0.25) is 0 Å². The number of aliphatic hydroxyl groups excluding tert-OH is 2. The van der Waals surface area contributed by atoms with Crippen LogP contribution >= 0.6 is 0 Å². The van der Waals surface area contributed by atoms with Gasteiger partial charge in [-0.25, -0.2) is 9.18 Å². The molecule has 0 aromatic carbocycles. The molecule has 8 heteroatoms. The minimum atomic E-state index is -2.30. The molecule has 1 fully saturated rings. The van der Waals surface area contributed by atoms with Crippen molar-refractivity contribution in [2.45, 2.75) is 31.0 Å². The summed E-state index contributed by atoms with van der Waals surface area (Å²) in [5.74, 6) is 0. The number of aryl methyl sites for hydroxylation is 1. The van der Waals surface area contributed by atoms with Crippen molar-refractivity contribution in [3.63, 3.8) is 0 Å². The second-order valence-corrected chi connectivity index (χ2v) is 4.54. The van der Waals surface area contributed by atoms with Crippen LogP contribution in [0.3, 0.4) is 0 Å². The predicted molar refractivity (Wildman–Crippen MR) is 61.2 cm³/mol. The molecule has 2 heterocycles. The molecule has 0 bridgehead atoms. The summed E-state index contributed by atoms with van der Waals surface area (Å²) >= 11 is 0. The lowest BCUT2D eigenvalue weighted by molar-refractivity contribution is -0.121. The Hall–Kier alpha value is -1.35. The maximum atomic E-state index is 13.1. The molecule has 0 radical (unpaired) electrons. The molecular weight excluding hydrogens is 259 g/mol. The quantitative estimate of drug-likeness (QED) is 0.620. The Morgan fingerprint density at radius 1 is 1.63 bits per heavy atom. The normalized spacial score (nSPS) is 34.7. The van der Waals surface area contributed by atoms with Gasteiger partial charge in [-0.1, -0.05) is 0 Å². The van der Waals surface area contributed by atoms with Gasteiger partial charge in [-0.05, 0) is 13.0 Å². The molecule has 0 amide bonds. The summed E-state index contributed by atoms with van der Waals surface area (Å²) in [4.78, 5) is 15.4. The van der Waals surface area contributed by atoms with Gasteiger partial charge in [0, 0.05) is 11.9 Å². The number of ether oxygens (including phenoxy) is 1. The molecule has 4 atom stereocenters. The molecule has 1 aliphatic rings. The van der Waals surface area contributed by atoms with Crippen LogP contribution in [-0.4, -0.2) is 56.0 Å². The van der Waals surface area contributed by atoms with Gasteiger partial charge in [-0.2, -0.15) is 4.98 Å². The highest BCUT2D eigenvalue weighted by atomic mass is 19.1. The zero-order valence-corrected chi connectivity index (χ0v) is 10.2. The van der Waals surface area contributed by atoms with Crippen LogP contribution in [0, 0.1) is 6.92 Å². The van der Waals surface area contributed by atoms with Gasteiger partial charge in [-0.15, -0.1) is 0 Å². The summed E-state index contributed by atoms with van der Waals surface area (Å²) in [6, 6.07) is 1.49. The van der Waals surface area contributed by atoms with Crippen molar-refractivity contribution in [2.75, 3.05) is 13.3 Å². The second kappa shape index (κ2) is 4.97. The summed E-state index contributed by atoms with van der Waals surface area (Å²) < 4.78 is 19.1. The summed E-state index contributed by atoms with van der Waals surface area (Å²) in [7, 11) is 0. The fourth-order valence-electron chi connectivity index (χ4n) is 2.10. The topological polar surface area (TPSA) is 105 Å². The van der Waals surface area contributed by atoms with Crippen LogP contribution in [0.5, 0.6) is 0 Å². The number of nitrogens with zero attached hydrogens (tertiary/aromatic N) is 2. The highest BCUT2D eigenvalue weighted by Crippen LogP contribution is 2.37. The molecule has 1 saturated heterocycles. The lowest BCUT2D eigenvalue weighted by Crippen LogP contribution is -2.50. The summed E-state index contributed by atoms with van der Waals surface area (Å²) in [5, 5.41) is 28.9. The molecule has 106 valence electrons. The molecule has 0 unspecified atom stereocenters. The van der Waals surface area contributed by atoms with Crippen molar-refractivity contribution in [2.24, 2.45) is 0 Å². The van der Waals surface area contributed by atoms with E-state index in [0.29, 0.717) is 5.69 Å². The molecule has 3 N–H and O–H groups in total. The average molecular weight is 274 g/mol. The number of alkyl halides is 1. The lowest BCUT2D eigenvalue weighted by Gasteiger charge is -2.28. The first kappa shape index (κ1) is 14.1. The third-order valence-corrected chi connectivity index (χ3v) is 3.21. The molecule has 1 aromatic heterocycles. The number of rotatable bonds is 3. The molecule has 0 saturated carbocycles. The summed E-state index contributed by atoms with van der Waals surface area (Å²) in [5.41, 5.74) is -2.57. The average Bonchev–Trinajstić information content (AvgIpc) is 2.63. The molecular formula is C11H15FN2O5. The van der Waals surface area contributed by atoms with E-state index in [1.807, 2.05) is 0 Å². The summed E-state index contributed by atoms with van der Waals surface area (Å²) in [6.45, 7) is -0.322. The number of aliphatic hydroxyl groups is 3. The Morgan fingerprint density at radius 3 is 2.84 bits per heavy atom. The summed E-state index contributed by atoms with van der Waals surface area (Å²) in [6.07, 6.45) is -2.95. The van der Waals surface area contributed by atoms with E-state index in [1.165, 1.54) is 12.3 Å². The SMILES string of the molecule is Cc1ccn([C@@H]2O[C@H](CO)[C@@H](O)[C@]2(O)CF)c(=O)n1. The molecule has 19 heavy (non-hydrogen) atoms. The Morgan fingerprint density at radius 2 is 2.32 bits per heavy atom. The third-order valence-electron chi connectivity index (χ3n) is 3.21. The lowest BCUT2D eigenvalue weighted by atomic mass is 9.95. The highest BCUT2D eigenvalue weighted by molar-refractivity contribution is 5.05. The third kappa shape index (κ3) is 2.16. The van der Waals surface area contributed by atoms with Crippen LogP contribution in [0.25, 0.3) is 0 Å². The monoisotopic (exact) mass is 274 g/mol. The van der Waals surface area contributed by atoms with E-state index < -0.39 is 43.0 Å². The van der Waals surface area contributed by atoms with Crippen LogP contribution in [0.4, 0.5) is 4.39 Å². The van der Waals surface area contributed by atoms with Gasteiger partial charge in [0.1, 0.15) is 18.9 Å². The van der Waals surface area contributed by atoms with Crippen LogP contribution in [-0.2, 0) is 4.74 Å². The number of hydrogen-bond acceptors (Lipinski definition) is 6. The van der Waals surface area contributed by atoms with Crippen molar-refractivity contribution < 1.29 is 24.4 Å². The van der Waals surface area contributed by atoms with E-state index in [4.69, 9.17) is 9.84 Å². The van der Waals surface area contributed by atoms with E-state index in [9.17, 15) is 19.4 Å². The van der Waals surface area contributed by atoms with E-state index in [1.54, 1.807) is 6.92 Å². The van der Waals surface area contributed by atoms with E-state index in [2.05, 4.69) is 4.98 Å². The van der Waals surface area contributed by atoms with Crippen molar-refractivity contribution in [3.8, 4) is 0 Å². The van der Waals surface area contributed by atoms with Gasteiger partial charge in [0.05, 0.1) is 6.61 Å². The first-order valence-electron chi connectivity index (χ1n) is 5.72. The highest BCUT2D eigenvalue weighted by Gasteiger charge is 2.56. The predicted octanol–water partition coefficient (Wildman–Crippen LogP) is -1.50.